The topological polar surface area (TPSA) is 72.9 Å². The van der Waals surface area contributed by atoms with Crippen LogP contribution in [0.5, 0.6) is 5.75 Å². The highest BCUT2D eigenvalue weighted by Gasteiger charge is 2.41. The lowest BCUT2D eigenvalue weighted by atomic mass is 10.2. The van der Waals surface area contributed by atoms with Gasteiger partial charge in [-0.05, 0) is 60.2 Å². The van der Waals surface area contributed by atoms with Gasteiger partial charge >= 0.3 is 5.97 Å². The van der Waals surface area contributed by atoms with Crippen LogP contribution in [-0.2, 0) is 20.9 Å². The second-order valence-corrected chi connectivity index (χ2v) is 7.23. The molecule has 1 heterocycles. The van der Waals surface area contributed by atoms with Gasteiger partial charge in [-0.15, -0.1) is 0 Å². The number of carbonyl (C=O) groups is 3. The molecule has 2 aromatic carbocycles. The number of ether oxygens (including phenoxy) is 2. The maximum absolute atomic E-state index is 12.9. The van der Waals surface area contributed by atoms with Gasteiger partial charge in [0.1, 0.15) is 24.2 Å². The quantitative estimate of drug-likeness (QED) is 0.525. The molecule has 0 aliphatic carbocycles. The van der Waals surface area contributed by atoms with Crippen molar-refractivity contribution in [1.82, 2.24) is 4.90 Å². The van der Waals surface area contributed by atoms with Gasteiger partial charge in [-0.3, -0.25) is 14.5 Å². The number of hydrogen-bond donors (Lipinski definition) is 0. The minimum atomic E-state index is -0.986. The maximum Gasteiger partial charge on any atom is 0.328 e. The first-order valence-corrected chi connectivity index (χ1v) is 9.53. The minimum Gasteiger partial charge on any atom is -0.489 e. The summed E-state index contributed by atoms with van der Waals surface area (Å²) in [5.74, 6) is -0.881. The van der Waals surface area contributed by atoms with E-state index in [-0.39, 0.29) is 10.7 Å². The van der Waals surface area contributed by atoms with Crippen molar-refractivity contribution >= 4 is 35.0 Å². The van der Waals surface area contributed by atoms with E-state index in [0.29, 0.717) is 17.9 Å². The van der Waals surface area contributed by atoms with Crippen molar-refractivity contribution in [3.8, 4) is 5.75 Å². The van der Waals surface area contributed by atoms with E-state index < -0.39 is 23.2 Å². The van der Waals surface area contributed by atoms with E-state index in [1.807, 2.05) is 0 Å². The zero-order chi connectivity index (χ0) is 21.0. The summed E-state index contributed by atoms with van der Waals surface area (Å²) in [4.78, 5) is 37.4. The fourth-order valence-electron chi connectivity index (χ4n) is 2.65. The third kappa shape index (κ3) is 4.83. The molecular formula is C21H18FNO5S. The van der Waals surface area contributed by atoms with Crippen molar-refractivity contribution in [3.63, 3.8) is 0 Å². The summed E-state index contributed by atoms with van der Waals surface area (Å²) in [6.45, 7) is 1.74. The Morgan fingerprint density at radius 1 is 1.14 bits per heavy atom. The highest BCUT2D eigenvalue weighted by atomic mass is 32.2. The smallest absolute Gasteiger partial charge is 0.328 e. The molecule has 1 atom stereocenters. The van der Waals surface area contributed by atoms with Gasteiger partial charge in [0, 0.05) is 0 Å². The highest BCUT2D eigenvalue weighted by molar-refractivity contribution is 8.18. The molecule has 1 aliphatic rings. The van der Waals surface area contributed by atoms with Crippen LogP contribution in [0.4, 0.5) is 9.18 Å². The molecule has 0 bridgehead atoms. The molecule has 0 spiro atoms. The Hall–Kier alpha value is -3.13. The summed E-state index contributed by atoms with van der Waals surface area (Å²) in [6.07, 6.45) is 1.58. The molecule has 1 saturated heterocycles. The van der Waals surface area contributed by atoms with Gasteiger partial charge in [-0.2, -0.15) is 0 Å². The van der Waals surface area contributed by atoms with Crippen LogP contribution in [0.1, 0.15) is 18.1 Å². The molecule has 2 amide bonds. The zero-order valence-electron chi connectivity index (χ0n) is 15.8. The van der Waals surface area contributed by atoms with Gasteiger partial charge in [0.2, 0.25) is 0 Å². The number of rotatable bonds is 6. The van der Waals surface area contributed by atoms with Gasteiger partial charge in [0.05, 0.1) is 12.0 Å². The number of esters is 1. The number of imide groups is 1. The lowest BCUT2D eigenvalue weighted by Gasteiger charge is -2.18. The molecule has 29 heavy (non-hydrogen) atoms. The molecule has 0 saturated carbocycles. The molecule has 150 valence electrons. The Bertz CT molecular complexity index is 956. The van der Waals surface area contributed by atoms with E-state index in [1.54, 1.807) is 42.5 Å². The summed E-state index contributed by atoms with van der Waals surface area (Å²) in [7, 11) is 1.20. The van der Waals surface area contributed by atoms with Crippen molar-refractivity contribution in [1.29, 1.82) is 0 Å². The third-order valence-corrected chi connectivity index (χ3v) is 5.13. The largest absolute Gasteiger partial charge is 0.489 e. The number of halogens is 1. The molecule has 0 radical (unpaired) electrons. The first-order chi connectivity index (χ1) is 13.9. The van der Waals surface area contributed by atoms with Gasteiger partial charge in [-0.25, -0.2) is 9.18 Å². The van der Waals surface area contributed by atoms with Crippen LogP contribution in [0, 0.1) is 5.82 Å². The first-order valence-electron chi connectivity index (χ1n) is 8.71. The number of amides is 2. The SMILES string of the molecule is COC(=O)[C@@H](C)N1C(=O)S/C(=C/c2ccc(OCc3ccc(F)cc3)cc2)C1=O. The molecule has 0 aromatic heterocycles. The molecule has 8 heteroatoms. The molecule has 2 aromatic rings. The maximum atomic E-state index is 12.9. The van der Waals surface area contributed by atoms with Gasteiger partial charge < -0.3 is 9.47 Å². The van der Waals surface area contributed by atoms with E-state index in [2.05, 4.69) is 4.74 Å². The lowest BCUT2D eigenvalue weighted by molar-refractivity contribution is -0.148. The van der Waals surface area contributed by atoms with E-state index in [9.17, 15) is 18.8 Å². The van der Waals surface area contributed by atoms with Crippen LogP contribution >= 0.6 is 11.8 Å². The van der Waals surface area contributed by atoms with Crippen molar-refractivity contribution in [2.45, 2.75) is 19.6 Å². The van der Waals surface area contributed by atoms with Crippen LogP contribution in [-0.4, -0.2) is 35.2 Å². The molecule has 1 fully saturated rings. The van der Waals surface area contributed by atoms with E-state index in [1.165, 1.54) is 26.2 Å². The predicted octanol–water partition coefficient (Wildman–Crippen LogP) is 4.00. The van der Waals surface area contributed by atoms with Crippen molar-refractivity contribution in [3.05, 3.63) is 70.4 Å². The van der Waals surface area contributed by atoms with Crippen LogP contribution in [0.2, 0.25) is 0 Å². The van der Waals surface area contributed by atoms with Crippen LogP contribution in [0.15, 0.2) is 53.4 Å². The molecule has 3 rings (SSSR count). The average molecular weight is 415 g/mol. The Morgan fingerprint density at radius 3 is 2.41 bits per heavy atom. The fourth-order valence-corrected chi connectivity index (χ4v) is 3.56. The number of benzene rings is 2. The Balaban J connectivity index is 1.66. The van der Waals surface area contributed by atoms with Gasteiger partial charge in [0.15, 0.2) is 0 Å². The lowest BCUT2D eigenvalue weighted by Crippen LogP contribution is -2.42. The number of methoxy groups -OCH3 is 1. The normalized spacial score (nSPS) is 16.2. The highest BCUT2D eigenvalue weighted by Crippen LogP contribution is 2.34. The molecule has 1 aliphatic heterocycles. The molecule has 6 nitrogen and oxygen atoms in total. The van der Waals surface area contributed by atoms with E-state index in [0.717, 1.165) is 22.2 Å². The second-order valence-electron chi connectivity index (χ2n) is 6.24. The molecular weight excluding hydrogens is 397 g/mol. The van der Waals surface area contributed by atoms with Crippen LogP contribution in [0.3, 0.4) is 0 Å². The monoisotopic (exact) mass is 415 g/mol. The van der Waals surface area contributed by atoms with Crippen LogP contribution < -0.4 is 4.74 Å². The summed E-state index contributed by atoms with van der Waals surface area (Å²) in [5.41, 5.74) is 1.54. The van der Waals surface area contributed by atoms with Crippen molar-refractivity contribution in [2.24, 2.45) is 0 Å². The minimum absolute atomic E-state index is 0.228. The summed E-state index contributed by atoms with van der Waals surface area (Å²) >= 11 is 0.775. The Labute approximate surface area is 171 Å². The predicted molar refractivity (Wildman–Crippen MR) is 106 cm³/mol. The number of nitrogens with zero attached hydrogens (tertiary/aromatic N) is 1. The molecule has 0 N–H and O–H groups in total. The van der Waals surface area contributed by atoms with Crippen molar-refractivity contribution in [2.75, 3.05) is 7.11 Å². The summed E-state index contributed by atoms with van der Waals surface area (Å²) < 4.78 is 23.2. The fraction of sp³-hybridized carbons (Fsp3) is 0.190. The van der Waals surface area contributed by atoms with Crippen molar-refractivity contribution < 1.29 is 28.2 Å². The van der Waals surface area contributed by atoms with E-state index in [4.69, 9.17) is 4.74 Å². The Kier molecular flexibility index (Phi) is 6.33. The average Bonchev–Trinajstić information content (AvgIpc) is 3.00. The zero-order valence-corrected chi connectivity index (χ0v) is 16.6. The van der Waals surface area contributed by atoms with Crippen LogP contribution in [0.25, 0.3) is 6.08 Å². The first kappa shape index (κ1) is 20.6. The number of carbonyl (C=O) groups excluding carboxylic acids is 3. The van der Waals surface area contributed by atoms with Gasteiger partial charge in [-0.1, -0.05) is 24.3 Å². The second kappa shape index (κ2) is 8.91. The standard InChI is InChI=1S/C21H18FNO5S/c1-13(20(25)27-2)23-19(24)18(29-21(23)26)11-14-5-9-17(10-6-14)28-12-15-3-7-16(22)8-4-15/h3-11,13H,12H2,1-2H3/b18-11+/t13-/m1/s1. The molecule has 0 unspecified atom stereocenters. The van der Waals surface area contributed by atoms with E-state index >= 15 is 0 Å². The number of thioether (sulfide) groups is 1. The number of hydrogen-bond acceptors (Lipinski definition) is 6. The summed E-state index contributed by atoms with van der Waals surface area (Å²) in [5, 5.41) is -0.515. The third-order valence-electron chi connectivity index (χ3n) is 4.25. The summed E-state index contributed by atoms with van der Waals surface area (Å²) in [6, 6.07) is 12.0. The van der Waals surface area contributed by atoms with Gasteiger partial charge in [0.25, 0.3) is 11.1 Å². The Morgan fingerprint density at radius 2 is 1.79 bits per heavy atom.